The van der Waals surface area contributed by atoms with Gasteiger partial charge in [0.15, 0.2) is 0 Å². The second kappa shape index (κ2) is 8.77. The smallest absolute Gasteiger partial charge is 0.306 e. The Kier molecular flexibility index (Phi) is 7.31. The highest BCUT2D eigenvalue weighted by Gasteiger charge is 2.24. The van der Waals surface area contributed by atoms with Gasteiger partial charge in [0.25, 0.3) is 5.69 Å². The number of sulfonamides is 1. The van der Waals surface area contributed by atoms with Gasteiger partial charge in [-0.05, 0) is 25.8 Å². The van der Waals surface area contributed by atoms with Crippen LogP contribution >= 0.6 is 0 Å². The number of benzene rings is 1. The second-order valence-electron chi connectivity index (χ2n) is 5.78. The molecule has 0 saturated carbocycles. The van der Waals surface area contributed by atoms with Gasteiger partial charge in [0.05, 0.1) is 24.0 Å². The molecule has 2 unspecified atom stereocenters. The van der Waals surface area contributed by atoms with Gasteiger partial charge in [-0.2, -0.15) is 0 Å². The largest absolute Gasteiger partial charge is 0.495 e. The Balaban J connectivity index is 2.81. The summed E-state index contributed by atoms with van der Waals surface area (Å²) in [6.07, 6.45) is 1.46. The predicted molar refractivity (Wildman–Crippen MR) is 90.1 cm³/mol. The van der Waals surface area contributed by atoms with Crippen LogP contribution in [0, 0.1) is 16.0 Å². The van der Waals surface area contributed by atoms with Crippen LogP contribution in [0.4, 0.5) is 5.69 Å². The highest BCUT2D eigenvalue weighted by atomic mass is 32.2. The van der Waals surface area contributed by atoms with E-state index < -0.39 is 32.9 Å². The van der Waals surface area contributed by atoms with E-state index in [9.17, 15) is 23.3 Å². The van der Waals surface area contributed by atoms with Crippen LogP contribution in [0.2, 0.25) is 0 Å². The van der Waals surface area contributed by atoms with E-state index in [-0.39, 0.29) is 16.3 Å². The molecule has 0 fully saturated rings. The molecular weight excluding hydrogens is 352 g/mol. The highest BCUT2D eigenvalue weighted by molar-refractivity contribution is 7.89. The summed E-state index contributed by atoms with van der Waals surface area (Å²) in [7, 11) is -2.69. The van der Waals surface area contributed by atoms with E-state index >= 15 is 0 Å². The lowest BCUT2D eigenvalue weighted by Gasteiger charge is -2.16. The second-order valence-corrected chi connectivity index (χ2v) is 7.47. The summed E-state index contributed by atoms with van der Waals surface area (Å²) in [5.74, 6) is -1.49. The van der Waals surface area contributed by atoms with Crippen molar-refractivity contribution in [3.8, 4) is 5.75 Å². The Hall–Kier alpha value is -2.20. The Morgan fingerprint density at radius 2 is 2.00 bits per heavy atom. The minimum absolute atomic E-state index is 0.117. The number of nitrogens with one attached hydrogen (secondary N) is 1. The summed E-state index contributed by atoms with van der Waals surface area (Å²) < 4.78 is 32.3. The van der Waals surface area contributed by atoms with E-state index in [4.69, 9.17) is 9.84 Å². The van der Waals surface area contributed by atoms with Crippen molar-refractivity contribution >= 4 is 21.7 Å². The molecule has 0 heterocycles. The predicted octanol–water partition coefficient (Wildman–Crippen LogP) is 2.16. The summed E-state index contributed by atoms with van der Waals surface area (Å²) >= 11 is 0. The molecule has 0 aromatic heterocycles. The molecule has 2 N–H and O–H groups in total. The number of nitrogens with zero attached hydrogens (tertiary/aromatic N) is 1. The maximum Gasteiger partial charge on any atom is 0.306 e. The molecular formula is C15H22N2O7S. The van der Waals surface area contributed by atoms with Crippen LogP contribution in [-0.4, -0.2) is 37.6 Å². The van der Waals surface area contributed by atoms with E-state index in [2.05, 4.69) is 4.72 Å². The molecule has 1 aromatic carbocycles. The van der Waals surface area contributed by atoms with Crippen LogP contribution in [0.15, 0.2) is 23.1 Å². The average Bonchev–Trinajstić information content (AvgIpc) is 2.53. The quantitative estimate of drug-likeness (QED) is 0.473. The van der Waals surface area contributed by atoms with E-state index in [1.165, 1.54) is 7.11 Å². The number of carboxylic acids is 1. The fraction of sp³-hybridized carbons (Fsp3) is 0.533. The Labute approximate surface area is 146 Å². The van der Waals surface area contributed by atoms with Crippen molar-refractivity contribution in [3.05, 3.63) is 28.3 Å². The Morgan fingerprint density at radius 1 is 1.36 bits per heavy atom. The number of hydrogen-bond acceptors (Lipinski definition) is 6. The molecule has 0 bridgehead atoms. The number of nitro groups is 1. The fourth-order valence-electron chi connectivity index (χ4n) is 2.23. The normalized spacial score (nSPS) is 13.9. The molecule has 9 nitrogen and oxygen atoms in total. The Morgan fingerprint density at radius 3 is 2.52 bits per heavy atom. The molecule has 140 valence electrons. The van der Waals surface area contributed by atoms with Gasteiger partial charge >= 0.3 is 5.97 Å². The van der Waals surface area contributed by atoms with Gasteiger partial charge < -0.3 is 9.84 Å². The van der Waals surface area contributed by atoms with Crippen LogP contribution in [0.5, 0.6) is 5.75 Å². The van der Waals surface area contributed by atoms with Crippen LogP contribution in [0.1, 0.15) is 33.1 Å². The number of aliphatic carboxylic acids is 1. The first-order valence-electron chi connectivity index (χ1n) is 7.66. The molecule has 0 saturated heterocycles. The number of non-ortho nitro benzene ring substituents is 1. The molecule has 10 heteroatoms. The molecule has 25 heavy (non-hydrogen) atoms. The van der Waals surface area contributed by atoms with E-state index in [0.717, 1.165) is 18.2 Å². The van der Waals surface area contributed by atoms with E-state index in [1.54, 1.807) is 13.8 Å². The van der Waals surface area contributed by atoms with Crippen molar-refractivity contribution in [1.29, 1.82) is 0 Å². The molecule has 0 amide bonds. The first kappa shape index (κ1) is 20.8. The molecule has 1 aromatic rings. The van der Waals surface area contributed by atoms with Crippen LogP contribution in [-0.2, 0) is 14.8 Å². The molecule has 1 rings (SSSR count). The SMILES string of the molecule is COc1cc([N+](=O)[O-])ccc1S(=O)(=O)NC(C)CCCC(C)C(=O)O. The lowest BCUT2D eigenvalue weighted by atomic mass is 10.0. The summed E-state index contributed by atoms with van der Waals surface area (Å²) in [5.41, 5.74) is -0.272. The first-order valence-corrected chi connectivity index (χ1v) is 9.14. The van der Waals surface area contributed by atoms with E-state index in [1.807, 2.05) is 0 Å². The minimum atomic E-state index is -3.93. The van der Waals surface area contributed by atoms with Gasteiger partial charge in [0.2, 0.25) is 10.0 Å². The third-order valence-corrected chi connectivity index (χ3v) is 5.33. The number of rotatable bonds is 10. The van der Waals surface area contributed by atoms with Crippen molar-refractivity contribution < 1.29 is 28.0 Å². The van der Waals surface area contributed by atoms with Crippen molar-refractivity contribution in [1.82, 2.24) is 4.72 Å². The lowest BCUT2D eigenvalue weighted by Crippen LogP contribution is -2.33. The van der Waals surface area contributed by atoms with Crippen molar-refractivity contribution in [3.63, 3.8) is 0 Å². The standard InChI is InChI=1S/C15H22N2O7S/c1-10(15(18)19)5-4-6-11(2)16-25(22,23)14-8-7-12(17(20)21)9-13(14)24-3/h7-11,16H,4-6H2,1-3H3,(H,18,19). The first-order chi connectivity index (χ1) is 11.6. The number of nitro benzene ring substituents is 1. The van der Waals surface area contributed by atoms with Gasteiger partial charge in [-0.25, -0.2) is 13.1 Å². The number of hydrogen-bond donors (Lipinski definition) is 2. The Bertz CT molecular complexity index is 733. The summed E-state index contributed by atoms with van der Waals surface area (Å²) in [5, 5.41) is 19.6. The number of ether oxygens (including phenoxy) is 1. The number of methoxy groups -OCH3 is 1. The molecule has 0 spiro atoms. The zero-order valence-corrected chi connectivity index (χ0v) is 15.1. The van der Waals surface area contributed by atoms with Gasteiger partial charge in [0, 0.05) is 12.1 Å². The maximum absolute atomic E-state index is 12.5. The van der Waals surface area contributed by atoms with Gasteiger partial charge in [0.1, 0.15) is 10.6 Å². The molecule has 0 aliphatic rings. The topological polar surface area (TPSA) is 136 Å². The van der Waals surface area contributed by atoms with Gasteiger partial charge in [-0.1, -0.05) is 13.3 Å². The summed E-state index contributed by atoms with van der Waals surface area (Å²) in [6, 6.07) is 2.84. The number of carboxylic acid groups (broad SMARTS) is 1. The zero-order chi connectivity index (χ0) is 19.2. The summed E-state index contributed by atoms with van der Waals surface area (Å²) in [6.45, 7) is 3.26. The van der Waals surface area contributed by atoms with Gasteiger partial charge in [-0.15, -0.1) is 0 Å². The molecule has 0 aliphatic heterocycles. The molecule has 0 radical (unpaired) electrons. The van der Waals surface area contributed by atoms with Crippen LogP contribution < -0.4 is 9.46 Å². The summed E-state index contributed by atoms with van der Waals surface area (Å²) in [4.78, 5) is 20.7. The monoisotopic (exact) mass is 374 g/mol. The van der Waals surface area contributed by atoms with Crippen molar-refractivity contribution in [2.75, 3.05) is 7.11 Å². The third kappa shape index (κ3) is 5.98. The zero-order valence-electron chi connectivity index (χ0n) is 14.3. The highest BCUT2D eigenvalue weighted by Crippen LogP contribution is 2.28. The van der Waals surface area contributed by atoms with Crippen molar-refractivity contribution in [2.45, 2.75) is 44.0 Å². The average molecular weight is 374 g/mol. The molecule has 0 aliphatic carbocycles. The van der Waals surface area contributed by atoms with Crippen molar-refractivity contribution in [2.24, 2.45) is 5.92 Å². The van der Waals surface area contributed by atoms with Gasteiger partial charge in [-0.3, -0.25) is 14.9 Å². The van der Waals surface area contributed by atoms with E-state index in [0.29, 0.717) is 19.3 Å². The lowest BCUT2D eigenvalue weighted by molar-refractivity contribution is -0.385. The fourth-order valence-corrected chi connectivity index (χ4v) is 3.66. The molecule has 2 atom stereocenters. The van der Waals surface area contributed by atoms with Crippen LogP contribution in [0.3, 0.4) is 0 Å². The minimum Gasteiger partial charge on any atom is -0.495 e. The number of carbonyl (C=O) groups is 1. The maximum atomic E-state index is 12.5. The third-order valence-electron chi connectivity index (χ3n) is 3.70. The van der Waals surface area contributed by atoms with Crippen LogP contribution in [0.25, 0.3) is 0 Å².